The first kappa shape index (κ1) is 22.4. The highest BCUT2D eigenvalue weighted by molar-refractivity contribution is 5.97. The van der Waals surface area contributed by atoms with Gasteiger partial charge >= 0.3 is 5.97 Å². The van der Waals surface area contributed by atoms with Crippen molar-refractivity contribution in [3.63, 3.8) is 0 Å². The maximum absolute atomic E-state index is 10.7. The number of carboxylic acids is 1. The Kier molecular flexibility index (Phi) is 7.27. The lowest BCUT2D eigenvalue weighted by Crippen LogP contribution is -2.17. The monoisotopic (exact) mass is 441 g/mol. The van der Waals surface area contributed by atoms with Gasteiger partial charge in [0.1, 0.15) is 0 Å². The van der Waals surface area contributed by atoms with Gasteiger partial charge in [-0.25, -0.2) is 0 Å². The van der Waals surface area contributed by atoms with Gasteiger partial charge in [-0.1, -0.05) is 74.0 Å². The summed E-state index contributed by atoms with van der Waals surface area (Å²) in [6.45, 7) is 3.16. The van der Waals surface area contributed by atoms with E-state index in [1.165, 1.54) is 5.57 Å². The standard InChI is InChI=1S/C27H27N3O3/c1-2-8-20(19-9-4-3-5-10-19)17-25-29-30-27(33-25)24-14-13-21(18-28-16-15-26(31)32)22-11-6-7-12-23(22)24/h3-7,9-14,17,28H,2,8,15-16,18H2,1H3,(H,31,32). The second-order valence-electron chi connectivity index (χ2n) is 7.87. The van der Waals surface area contributed by atoms with Gasteiger partial charge in [-0.15, -0.1) is 10.2 Å². The first-order valence-electron chi connectivity index (χ1n) is 11.2. The van der Waals surface area contributed by atoms with Crippen molar-refractivity contribution in [3.8, 4) is 11.5 Å². The number of nitrogens with zero attached hydrogens (tertiary/aromatic N) is 2. The Bertz CT molecular complexity index is 1260. The van der Waals surface area contributed by atoms with E-state index in [0.29, 0.717) is 24.9 Å². The average Bonchev–Trinajstić information content (AvgIpc) is 3.30. The molecule has 0 aliphatic heterocycles. The van der Waals surface area contributed by atoms with Crippen molar-refractivity contribution < 1.29 is 14.3 Å². The van der Waals surface area contributed by atoms with Gasteiger partial charge in [-0.2, -0.15) is 0 Å². The molecule has 0 saturated heterocycles. The van der Waals surface area contributed by atoms with Gasteiger partial charge in [-0.05, 0) is 40.0 Å². The Morgan fingerprint density at radius 2 is 1.73 bits per heavy atom. The molecule has 4 rings (SSSR count). The molecule has 6 heteroatoms. The molecule has 0 atom stereocenters. The molecule has 4 aromatic rings. The van der Waals surface area contributed by atoms with Gasteiger partial charge in [0.15, 0.2) is 0 Å². The third-order valence-corrected chi connectivity index (χ3v) is 5.48. The first-order valence-corrected chi connectivity index (χ1v) is 11.2. The minimum absolute atomic E-state index is 0.0945. The highest BCUT2D eigenvalue weighted by atomic mass is 16.4. The smallest absolute Gasteiger partial charge is 0.304 e. The van der Waals surface area contributed by atoms with E-state index in [9.17, 15) is 4.79 Å². The molecule has 168 valence electrons. The Morgan fingerprint density at radius 3 is 2.48 bits per heavy atom. The molecule has 0 spiro atoms. The summed E-state index contributed by atoms with van der Waals surface area (Å²) in [6.07, 6.45) is 4.01. The summed E-state index contributed by atoms with van der Waals surface area (Å²) in [7, 11) is 0. The number of rotatable bonds is 10. The van der Waals surface area contributed by atoms with E-state index in [0.717, 1.165) is 40.3 Å². The third-order valence-electron chi connectivity index (χ3n) is 5.48. The second-order valence-corrected chi connectivity index (χ2v) is 7.87. The lowest BCUT2D eigenvalue weighted by molar-refractivity contribution is -0.136. The van der Waals surface area contributed by atoms with Crippen LogP contribution in [0.5, 0.6) is 0 Å². The van der Waals surface area contributed by atoms with Crippen LogP contribution in [0.1, 0.15) is 43.2 Å². The number of allylic oxidation sites excluding steroid dienone is 1. The molecule has 0 unspecified atom stereocenters. The molecule has 2 N–H and O–H groups in total. The minimum Gasteiger partial charge on any atom is -0.481 e. The largest absolute Gasteiger partial charge is 0.481 e. The Morgan fingerprint density at radius 1 is 0.970 bits per heavy atom. The van der Waals surface area contributed by atoms with Gasteiger partial charge in [0, 0.05) is 24.7 Å². The number of fused-ring (bicyclic) bond motifs is 1. The van der Waals surface area contributed by atoms with Crippen LogP contribution in [-0.2, 0) is 11.3 Å². The van der Waals surface area contributed by atoms with Crippen LogP contribution in [0, 0.1) is 0 Å². The fourth-order valence-corrected chi connectivity index (χ4v) is 3.89. The maximum atomic E-state index is 10.7. The molecule has 1 heterocycles. The highest BCUT2D eigenvalue weighted by Crippen LogP contribution is 2.31. The van der Waals surface area contributed by atoms with Crippen molar-refractivity contribution in [2.24, 2.45) is 0 Å². The zero-order valence-corrected chi connectivity index (χ0v) is 18.6. The summed E-state index contributed by atoms with van der Waals surface area (Å²) < 4.78 is 6.06. The summed E-state index contributed by atoms with van der Waals surface area (Å²) in [6, 6.07) is 22.3. The zero-order valence-electron chi connectivity index (χ0n) is 18.6. The van der Waals surface area contributed by atoms with Crippen molar-refractivity contribution in [2.75, 3.05) is 6.54 Å². The minimum atomic E-state index is -0.807. The fraction of sp³-hybridized carbons (Fsp3) is 0.222. The Balaban J connectivity index is 1.62. The van der Waals surface area contributed by atoms with E-state index in [1.807, 2.05) is 54.6 Å². The molecule has 0 saturated carbocycles. The molecular formula is C27H27N3O3. The van der Waals surface area contributed by atoms with Crippen LogP contribution < -0.4 is 5.32 Å². The predicted molar refractivity (Wildman–Crippen MR) is 130 cm³/mol. The molecule has 3 aromatic carbocycles. The lowest BCUT2D eigenvalue weighted by atomic mass is 9.99. The number of nitrogens with one attached hydrogen (secondary N) is 1. The number of aliphatic carboxylic acids is 1. The second kappa shape index (κ2) is 10.7. The molecule has 0 aliphatic carbocycles. The number of benzene rings is 3. The molecule has 33 heavy (non-hydrogen) atoms. The van der Waals surface area contributed by atoms with Gasteiger partial charge in [0.05, 0.1) is 6.42 Å². The van der Waals surface area contributed by atoms with Crippen molar-refractivity contribution in [1.82, 2.24) is 15.5 Å². The van der Waals surface area contributed by atoms with Gasteiger partial charge in [0.2, 0.25) is 11.8 Å². The zero-order chi connectivity index (χ0) is 23.0. The molecule has 1 aromatic heterocycles. The summed E-state index contributed by atoms with van der Waals surface area (Å²) in [5.74, 6) is 0.158. The number of hydrogen-bond donors (Lipinski definition) is 2. The Hall–Kier alpha value is -3.77. The SMILES string of the molecule is CCCC(=Cc1nnc(-c2ccc(CNCCC(=O)O)c3ccccc23)o1)c1ccccc1. The summed E-state index contributed by atoms with van der Waals surface area (Å²) in [4.78, 5) is 10.7. The number of carbonyl (C=O) groups is 1. The Labute approximate surface area is 193 Å². The van der Waals surface area contributed by atoms with Crippen LogP contribution >= 0.6 is 0 Å². The molecule has 0 bridgehead atoms. The summed E-state index contributed by atoms with van der Waals surface area (Å²) in [5, 5.41) is 22.7. The predicted octanol–water partition coefficient (Wildman–Crippen LogP) is 5.79. The summed E-state index contributed by atoms with van der Waals surface area (Å²) in [5.41, 5.74) is 4.29. The van der Waals surface area contributed by atoms with E-state index in [2.05, 4.69) is 40.6 Å². The van der Waals surface area contributed by atoms with E-state index in [-0.39, 0.29) is 6.42 Å². The number of hydrogen-bond acceptors (Lipinski definition) is 5. The van der Waals surface area contributed by atoms with E-state index in [4.69, 9.17) is 9.52 Å². The van der Waals surface area contributed by atoms with Crippen LogP contribution in [0.3, 0.4) is 0 Å². The fourth-order valence-electron chi connectivity index (χ4n) is 3.89. The van der Waals surface area contributed by atoms with Gasteiger partial charge in [0.25, 0.3) is 0 Å². The van der Waals surface area contributed by atoms with Crippen molar-refractivity contribution in [3.05, 3.63) is 83.7 Å². The van der Waals surface area contributed by atoms with Gasteiger partial charge < -0.3 is 14.8 Å². The molecule has 6 nitrogen and oxygen atoms in total. The van der Waals surface area contributed by atoms with Crippen LogP contribution in [-0.4, -0.2) is 27.8 Å². The van der Waals surface area contributed by atoms with Crippen molar-refractivity contribution >= 4 is 28.4 Å². The molecule has 0 radical (unpaired) electrons. The van der Waals surface area contributed by atoms with E-state index >= 15 is 0 Å². The third kappa shape index (κ3) is 5.54. The number of carboxylic acid groups (broad SMARTS) is 1. The van der Waals surface area contributed by atoms with E-state index in [1.54, 1.807) is 0 Å². The molecule has 0 aliphatic rings. The van der Waals surface area contributed by atoms with Crippen LogP contribution in [0.15, 0.2) is 71.1 Å². The topological polar surface area (TPSA) is 88.2 Å². The van der Waals surface area contributed by atoms with Crippen molar-refractivity contribution in [1.29, 1.82) is 0 Å². The molecular weight excluding hydrogens is 414 g/mol. The molecule has 0 fully saturated rings. The van der Waals surface area contributed by atoms with Crippen LogP contribution in [0.4, 0.5) is 0 Å². The van der Waals surface area contributed by atoms with Crippen molar-refractivity contribution in [2.45, 2.75) is 32.7 Å². The quantitative estimate of drug-likeness (QED) is 0.303. The maximum Gasteiger partial charge on any atom is 0.304 e. The van der Waals surface area contributed by atoms with E-state index < -0.39 is 5.97 Å². The lowest BCUT2D eigenvalue weighted by Gasteiger charge is -2.10. The number of aromatic nitrogens is 2. The van der Waals surface area contributed by atoms with Crippen LogP contribution in [0.25, 0.3) is 33.9 Å². The summed E-state index contributed by atoms with van der Waals surface area (Å²) >= 11 is 0. The normalized spacial score (nSPS) is 11.7. The highest BCUT2D eigenvalue weighted by Gasteiger charge is 2.14. The van der Waals surface area contributed by atoms with Crippen LogP contribution in [0.2, 0.25) is 0 Å². The first-order chi connectivity index (χ1) is 16.2. The van der Waals surface area contributed by atoms with Gasteiger partial charge in [-0.3, -0.25) is 4.79 Å². The average molecular weight is 442 g/mol. The molecule has 0 amide bonds.